The molecule has 10 heteroatoms. The zero-order valence-electron chi connectivity index (χ0n) is 24.6. The number of amides is 1. The van der Waals surface area contributed by atoms with Crippen LogP contribution in [-0.4, -0.2) is 64.4 Å². The van der Waals surface area contributed by atoms with Gasteiger partial charge in [0.2, 0.25) is 12.7 Å². The van der Waals surface area contributed by atoms with Gasteiger partial charge in [-0.1, -0.05) is 19.9 Å². The van der Waals surface area contributed by atoms with Gasteiger partial charge in [-0.2, -0.15) is 5.26 Å². The second-order valence-electron chi connectivity index (χ2n) is 12.3. The molecule has 6 rings (SSSR count). The summed E-state index contributed by atoms with van der Waals surface area (Å²) < 4.78 is 11.8. The standard InChI is InChI=1S/C31H38N4O5.Ac/c1-14(2)7-24(36)33-12-23-26-19(28(37)17(5)30-31(26)40-13-39-30)10-21-27-25-18(8-15(3)16(4)29(25)38)9-20(34(27)6)22(11-32)35(21)23;/h8,14,20-23,27,37-38H,7,9-10,12-13H2,1-6H3,(H,33,36);/t20-,21?,22-,23-,27-;/m0./s1. The first-order valence-corrected chi connectivity index (χ1v) is 14.2. The number of carbonyl (C=O) groups excluding carboxylic acids is 1. The van der Waals surface area contributed by atoms with Crippen LogP contribution in [0.5, 0.6) is 23.0 Å². The molecule has 1 radical (unpaired) electrons. The molecule has 1 amide bonds. The molecule has 41 heavy (non-hydrogen) atoms. The number of aromatic hydroxyl groups is 2. The van der Waals surface area contributed by atoms with Crippen LogP contribution in [0.25, 0.3) is 0 Å². The molecule has 1 unspecified atom stereocenters. The molecule has 0 saturated carbocycles. The Hall–Kier alpha value is -2.04. The van der Waals surface area contributed by atoms with Crippen molar-refractivity contribution in [3.8, 4) is 29.1 Å². The number of fused-ring (bicyclic) bond motifs is 9. The van der Waals surface area contributed by atoms with Crippen molar-refractivity contribution >= 4 is 5.91 Å². The maximum Gasteiger partial charge on any atom is 0.231 e. The van der Waals surface area contributed by atoms with Crippen molar-refractivity contribution in [2.24, 2.45) is 5.92 Å². The summed E-state index contributed by atoms with van der Waals surface area (Å²) in [7, 11) is 2.04. The average molecular weight is 774 g/mol. The Morgan fingerprint density at radius 1 is 1.10 bits per heavy atom. The number of likely N-dealkylation sites (N-methyl/N-ethyl adjacent to an activating group) is 1. The Labute approximate surface area is 277 Å². The molecule has 3 N–H and O–H groups in total. The predicted octanol–water partition coefficient (Wildman–Crippen LogP) is 3.69. The summed E-state index contributed by atoms with van der Waals surface area (Å²) in [5, 5.41) is 36.7. The number of piperazine rings is 1. The molecular weight excluding hydrogens is 735 g/mol. The zero-order chi connectivity index (χ0) is 28.6. The molecule has 0 aromatic heterocycles. The first kappa shape index (κ1) is 30.4. The second-order valence-corrected chi connectivity index (χ2v) is 12.3. The first-order chi connectivity index (χ1) is 19.0. The summed E-state index contributed by atoms with van der Waals surface area (Å²) in [6, 6.07) is 3.31. The monoisotopic (exact) mass is 773 g/mol. The van der Waals surface area contributed by atoms with E-state index in [1.54, 1.807) is 0 Å². The topological polar surface area (TPSA) is 118 Å². The fourth-order valence-electron chi connectivity index (χ4n) is 7.56. The van der Waals surface area contributed by atoms with E-state index < -0.39 is 12.1 Å². The maximum absolute atomic E-state index is 12.9. The van der Waals surface area contributed by atoms with Gasteiger partial charge in [0.15, 0.2) is 11.5 Å². The third-order valence-corrected chi connectivity index (χ3v) is 9.55. The molecule has 4 aliphatic rings. The van der Waals surface area contributed by atoms with Crippen LogP contribution >= 0.6 is 0 Å². The third-order valence-electron chi connectivity index (χ3n) is 9.55. The number of benzene rings is 2. The van der Waals surface area contributed by atoms with Gasteiger partial charge in [-0.05, 0) is 63.3 Å². The number of nitrogens with one attached hydrogen (secondary N) is 1. The molecule has 1 saturated heterocycles. The van der Waals surface area contributed by atoms with E-state index in [9.17, 15) is 20.3 Å². The van der Waals surface area contributed by atoms with E-state index in [-0.39, 0.29) is 93.1 Å². The van der Waals surface area contributed by atoms with Gasteiger partial charge in [0.25, 0.3) is 0 Å². The largest absolute Gasteiger partial charge is 0.507 e. The number of phenols is 2. The fourth-order valence-corrected chi connectivity index (χ4v) is 7.56. The number of nitrogens with zero attached hydrogens (tertiary/aromatic N) is 3. The van der Waals surface area contributed by atoms with E-state index in [1.807, 2.05) is 41.7 Å². The summed E-state index contributed by atoms with van der Waals surface area (Å²) in [6.07, 6.45) is 1.49. The van der Waals surface area contributed by atoms with Crippen LogP contribution in [-0.2, 0) is 17.6 Å². The van der Waals surface area contributed by atoms with Crippen molar-refractivity contribution in [3.05, 3.63) is 45.0 Å². The van der Waals surface area contributed by atoms with Crippen LogP contribution in [0.2, 0.25) is 0 Å². The molecule has 2 aromatic carbocycles. The summed E-state index contributed by atoms with van der Waals surface area (Å²) in [5.41, 5.74) is 6.03. The van der Waals surface area contributed by atoms with Crippen LogP contribution in [0.3, 0.4) is 0 Å². The van der Waals surface area contributed by atoms with E-state index in [4.69, 9.17) is 9.47 Å². The molecule has 215 valence electrons. The van der Waals surface area contributed by atoms with Gasteiger partial charge in [-0.15, -0.1) is 0 Å². The third kappa shape index (κ3) is 4.63. The first-order valence-electron chi connectivity index (χ1n) is 14.2. The van der Waals surface area contributed by atoms with Gasteiger partial charge in [-0.3, -0.25) is 14.6 Å². The van der Waals surface area contributed by atoms with E-state index in [1.165, 1.54) is 0 Å². The Balaban J connectivity index is 0.00000337. The average Bonchev–Trinajstić information content (AvgIpc) is 3.39. The van der Waals surface area contributed by atoms with Crippen LogP contribution in [0, 0.1) is 82.1 Å². The molecular formula is C31H38AcN4O5. The predicted molar refractivity (Wildman–Crippen MR) is 148 cm³/mol. The van der Waals surface area contributed by atoms with Crippen molar-refractivity contribution in [2.75, 3.05) is 20.4 Å². The molecule has 4 heterocycles. The molecule has 2 bridgehead atoms. The van der Waals surface area contributed by atoms with Crippen molar-refractivity contribution in [1.82, 2.24) is 15.1 Å². The maximum atomic E-state index is 12.9. The Morgan fingerprint density at radius 2 is 1.80 bits per heavy atom. The number of aryl methyl sites for hydroxylation is 1. The summed E-state index contributed by atoms with van der Waals surface area (Å²) >= 11 is 0. The van der Waals surface area contributed by atoms with Crippen LogP contribution in [0.1, 0.15) is 71.3 Å². The van der Waals surface area contributed by atoms with E-state index in [0.717, 1.165) is 33.4 Å². The quantitative estimate of drug-likeness (QED) is 0.431. The molecule has 4 aliphatic heterocycles. The van der Waals surface area contributed by atoms with Gasteiger partial charge in [0, 0.05) is 91.4 Å². The zero-order valence-corrected chi connectivity index (χ0v) is 29.4. The SMILES string of the molecule is Cc1cc2c(c(O)c1C)[C@@H]1C3Cc4c(O)c(C)c5c(c4[C@H](CNC(=O)CC(C)C)N3[C@@H](C#N)[C@H](C2)N1C)OCO5.[Ac]. The van der Waals surface area contributed by atoms with Gasteiger partial charge < -0.3 is 25.0 Å². The number of hydrogen-bond donors (Lipinski definition) is 3. The Bertz CT molecular complexity index is 1450. The van der Waals surface area contributed by atoms with Crippen LogP contribution in [0.15, 0.2) is 6.07 Å². The molecule has 1 fully saturated rings. The number of hydrogen-bond acceptors (Lipinski definition) is 8. The van der Waals surface area contributed by atoms with Gasteiger partial charge in [0.1, 0.15) is 17.5 Å². The normalized spacial score (nSPS) is 26.0. The van der Waals surface area contributed by atoms with Crippen LogP contribution in [0.4, 0.5) is 0 Å². The van der Waals surface area contributed by atoms with E-state index in [2.05, 4.69) is 27.3 Å². The van der Waals surface area contributed by atoms with E-state index in [0.29, 0.717) is 42.1 Å². The summed E-state index contributed by atoms with van der Waals surface area (Å²) in [5.74, 6) is 1.73. The van der Waals surface area contributed by atoms with Gasteiger partial charge in [0.05, 0.1) is 18.2 Å². The second kappa shape index (κ2) is 11.2. The van der Waals surface area contributed by atoms with E-state index >= 15 is 0 Å². The van der Waals surface area contributed by atoms with Crippen molar-refractivity contribution in [2.45, 2.75) is 84.1 Å². The van der Waals surface area contributed by atoms with Crippen molar-refractivity contribution in [1.29, 1.82) is 5.26 Å². The number of phenolic OH excluding ortho intramolecular Hbond substituents is 2. The van der Waals surface area contributed by atoms with Crippen molar-refractivity contribution < 1.29 is 68.5 Å². The molecule has 0 spiro atoms. The smallest absolute Gasteiger partial charge is 0.231 e. The minimum absolute atomic E-state index is 0. The summed E-state index contributed by atoms with van der Waals surface area (Å²) in [6.45, 7) is 10.1. The van der Waals surface area contributed by atoms with Gasteiger partial charge >= 0.3 is 0 Å². The number of nitriles is 1. The Kier molecular flexibility index (Phi) is 8.33. The van der Waals surface area contributed by atoms with Crippen LogP contribution < -0.4 is 14.8 Å². The number of ether oxygens (including phenoxy) is 2. The van der Waals surface area contributed by atoms with Gasteiger partial charge in [-0.25, -0.2) is 0 Å². The molecule has 2 aromatic rings. The fraction of sp³-hybridized carbons (Fsp3) is 0.548. The molecule has 9 nitrogen and oxygen atoms in total. The molecule has 5 atom stereocenters. The van der Waals surface area contributed by atoms with Crippen molar-refractivity contribution in [3.63, 3.8) is 0 Å². The summed E-state index contributed by atoms with van der Waals surface area (Å²) in [4.78, 5) is 17.3. The number of carbonyl (C=O) groups is 1. The Morgan fingerprint density at radius 3 is 2.49 bits per heavy atom. The minimum Gasteiger partial charge on any atom is -0.507 e. The molecule has 0 aliphatic carbocycles. The number of rotatable bonds is 4. The minimum atomic E-state index is -0.482.